The highest BCUT2D eigenvalue weighted by Crippen LogP contribution is 2.27. The van der Waals surface area contributed by atoms with Crippen LogP contribution >= 0.6 is 15.9 Å². The van der Waals surface area contributed by atoms with Gasteiger partial charge in [-0.2, -0.15) is 4.31 Å². The molecule has 0 aliphatic carbocycles. The molecule has 2 aliphatic heterocycles. The molecular formula is C20H28BrN3O4S. The van der Waals surface area contributed by atoms with E-state index in [0.717, 1.165) is 6.42 Å². The molecule has 2 amide bonds. The lowest BCUT2D eigenvalue weighted by Crippen LogP contribution is -2.56. The molecule has 0 aromatic heterocycles. The monoisotopic (exact) mass is 485 g/mol. The predicted molar refractivity (Wildman–Crippen MR) is 114 cm³/mol. The third kappa shape index (κ3) is 4.67. The molecule has 2 aliphatic rings. The second kappa shape index (κ2) is 8.35. The molecule has 1 unspecified atom stereocenters. The number of halogens is 1. The van der Waals surface area contributed by atoms with E-state index in [0.29, 0.717) is 30.5 Å². The van der Waals surface area contributed by atoms with E-state index in [-0.39, 0.29) is 29.8 Å². The summed E-state index contributed by atoms with van der Waals surface area (Å²) < 4.78 is 27.9. The van der Waals surface area contributed by atoms with Gasteiger partial charge in [0, 0.05) is 42.6 Å². The highest BCUT2D eigenvalue weighted by Gasteiger charge is 2.41. The molecule has 9 heteroatoms. The van der Waals surface area contributed by atoms with E-state index in [1.165, 1.54) is 4.31 Å². The molecule has 0 bridgehead atoms. The molecule has 1 aromatic carbocycles. The number of benzene rings is 1. The van der Waals surface area contributed by atoms with Gasteiger partial charge in [0.05, 0.1) is 4.90 Å². The Bertz CT molecular complexity index is 889. The van der Waals surface area contributed by atoms with E-state index in [1.54, 1.807) is 34.1 Å². The van der Waals surface area contributed by atoms with Gasteiger partial charge in [-0.15, -0.1) is 0 Å². The van der Waals surface area contributed by atoms with E-state index in [2.05, 4.69) is 15.9 Å². The molecule has 0 radical (unpaired) electrons. The minimum Gasteiger partial charge on any atom is -0.338 e. The Morgan fingerprint density at radius 1 is 1.07 bits per heavy atom. The topological polar surface area (TPSA) is 78.0 Å². The van der Waals surface area contributed by atoms with Gasteiger partial charge in [-0.25, -0.2) is 8.42 Å². The summed E-state index contributed by atoms with van der Waals surface area (Å²) in [6.07, 6.45) is 1.48. The van der Waals surface area contributed by atoms with Crippen LogP contribution in [-0.2, 0) is 19.6 Å². The molecule has 29 heavy (non-hydrogen) atoms. The zero-order chi connectivity index (χ0) is 21.4. The fourth-order valence-corrected chi connectivity index (χ4v) is 5.85. The van der Waals surface area contributed by atoms with Gasteiger partial charge in [0.1, 0.15) is 6.04 Å². The first-order valence-electron chi connectivity index (χ1n) is 9.87. The van der Waals surface area contributed by atoms with E-state index < -0.39 is 21.5 Å². The number of carbonyl (C=O) groups is 2. The Kier molecular flexibility index (Phi) is 6.41. The molecule has 160 valence electrons. The van der Waals surface area contributed by atoms with Crippen LogP contribution < -0.4 is 0 Å². The molecule has 1 atom stereocenters. The SMILES string of the molecule is CC(C)(C)C(=O)N1CCCC1C(=O)N1CCN(S(=O)(=O)c2cccc(Br)c2)CC1. The molecule has 2 fully saturated rings. The number of rotatable bonds is 3. The van der Waals surface area contributed by atoms with Crippen molar-refractivity contribution in [2.24, 2.45) is 5.41 Å². The maximum atomic E-state index is 13.1. The van der Waals surface area contributed by atoms with Gasteiger partial charge in [0.25, 0.3) is 0 Å². The highest BCUT2D eigenvalue weighted by molar-refractivity contribution is 9.10. The van der Waals surface area contributed by atoms with Crippen molar-refractivity contribution < 1.29 is 18.0 Å². The van der Waals surface area contributed by atoms with E-state index >= 15 is 0 Å². The standard InChI is InChI=1S/C20H28BrN3O4S/c1-20(2,3)19(26)24-9-5-8-17(24)18(25)22-10-12-23(13-11-22)29(27,28)16-7-4-6-15(21)14-16/h4,6-7,14,17H,5,8-13H2,1-3H3. The van der Waals surface area contributed by atoms with Crippen LogP contribution in [-0.4, -0.2) is 73.1 Å². The number of hydrogen-bond donors (Lipinski definition) is 0. The van der Waals surface area contributed by atoms with Gasteiger partial charge in [-0.1, -0.05) is 42.8 Å². The fraction of sp³-hybridized carbons (Fsp3) is 0.600. The van der Waals surface area contributed by atoms with Gasteiger partial charge in [0.15, 0.2) is 0 Å². The molecule has 0 spiro atoms. The number of piperazine rings is 1. The van der Waals surface area contributed by atoms with Crippen molar-refractivity contribution in [2.45, 2.75) is 44.6 Å². The number of amides is 2. The van der Waals surface area contributed by atoms with E-state index in [1.807, 2.05) is 20.8 Å². The number of carbonyl (C=O) groups excluding carboxylic acids is 2. The van der Waals surface area contributed by atoms with Gasteiger partial charge in [-0.05, 0) is 31.0 Å². The summed E-state index contributed by atoms with van der Waals surface area (Å²) in [7, 11) is -3.60. The number of nitrogens with zero attached hydrogens (tertiary/aromatic N) is 3. The predicted octanol–water partition coefficient (Wildman–Crippen LogP) is 2.32. The molecule has 7 nitrogen and oxygen atoms in total. The summed E-state index contributed by atoms with van der Waals surface area (Å²) in [6.45, 7) is 7.35. The third-order valence-corrected chi connectivity index (χ3v) is 7.81. The van der Waals surface area contributed by atoms with Crippen LogP contribution in [0.1, 0.15) is 33.6 Å². The normalized spacial score (nSPS) is 21.4. The number of sulfonamides is 1. The van der Waals surface area contributed by atoms with Crippen molar-refractivity contribution >= 4 is 37.8 Å². The minimum atomic E-state index is -3.60. The summed E-state index contributed by atoms with van der Waals surface area (Å²) in [5.41, 5.74) is -0.528. The zero-order valence-corrected chi connectivity index (χ0v) is 19.5. The van der Waals surface area contributed by atoms with Gasteiger partial charge in [0.2, 0.25) is 21.8 Å². The summed E-state index contributed by atoms with van der Waals surface area (Å²) in [4.78, 5) is 29.4. The van der Waals surface area contributed by atoms with E-state index in [9.17, 15) is 18.0 Å². The Morgan fingerprint density at radius 2 is 1.72 bits per heavy atom. The zero-order valence-electron chi connectivity index (χ0n) is 17.1. The van der Waals surface area contributed by atoms with Crippen molar-refractivity contribution in [2.75, 3.05) is 32.7 Å². The molecule has 0 N–H and O–H groups in total. The Labute approximate surface area is 181 Å². The highest BCUT2D eigenvalue weighted by atomic mass is 79.9. The fourth-order valence-electron chi connectivity index (χ4n) is 3.83. The van der Waals surface area contributed by atoms with Crippen molar-refractivity contribution in [1.29, 1.82) is 0 Å². The average Bonchev–Trinajstić information content (AvgIpc) is 3.15. The number of likely N-dealkylation sites (tertiary alicyclic amines) is 1. The second-order valence-corrected chi connectivity index (χ2v) is 11.4. The van der Waals surface area contributed by atoms with Crippen molar-refractivity contribution in [3.63, 3.8) is 0 Å². The van der Waals surface area contributed by atoms with Gasteiger partial charge >= 0.3 is 0 Å². The van der Waals surface area contributed by atoms with Crippen LogP contribution in [0.25, 0.3) is 0 Å². The quantitative estimate of drug-likeness (QED) is 0.657. The second-order valence-electron chi connectivity index (χ2n) is 8.59. The van der Waals surface area contributed by atoms with Crippen LogP contribution in [0.3, 0.4) is 0 Å². The third-order valence-electron chi connectivity index (χ3n) is 5.42. The van der Waals surface area contributed by atoms with E-state index in [4.69, 9.17) is 0 Å². The molecule has 3 rings (SSSR count). The molecule has 0 saturated carbocycles. The molecule has 2 heterocycles. The Hall–Kier alpha value is -1.45. The summed E-state index contributed by atoms with van der Waals surface area (Å²) in [5, 5.41) is 0. The van der Waals surface area contributed by atoms with Crippen LogP contribution in [0.4, 0.5) is 0 Å². The lowest BCUT2D eigenvalue weighted by molar-refractivity contribution is -0.148. The first-order valence-corrected chi connectivity index (χ1v) is 12.1. The van der Waals surface area contributed by atoms with Crippen molar-refractivity contribution in [1.82, 2.24) is 14.1 Å². The van der Waals surface area contributed by atoms with Crippen LogP contribution in [0.15, 0.2) is 33.6 Å². The van der Waals surface area contributed by atoms with Crippen molar-refractivity contribution in [3.8, 4) is 0 Å². The molecular weight excluding hydrogens is 458 g/mol. The lowest BCUT2D eigenvalue weighted by atomic mass is 9.94. The van der Waals surface area contributed by atoms with Gasteiger partial charge in [-0.3, -0.25) is 9.59 Å². The van der Waals surface area contributed by atoms with Crippen LogP contribution in [0, 0.1) is 5.41 Å². The summed E-state index contributed by atoms with van der Waals surface area (Å²) >= 11 is 3.31. The Balaban J connectivity index is 1.66. The summed E-state index contributed by atoms with van der Waals surface area (Å²) in [6, 6.07) is 6.20. The van der Waals surface area contributed by atoms with Crippen LogP contribution in [0.2, 0.25) is 0 Å². The van der Waals surface area contributed by atoms with Gasteiger partial charge < -0.3 is 9.80 Å². The smallest absolute Gasteiger partial charge is 0.245 e. The van der Waals surface area contributed by atoms with Crippen molar-refractivity contribution in [3.05, 3.63) is 28.7 Å². The molecule has 1 aromatic rings. The minimum absolute atomic E-state index is 0.00998. The van der Waals surface area contributed by atoms with Crippen LogP contribution in [0.5, 0.6) is 0 Å². The average molecular weight is 486 g/mol. The first-order chi connectivity index (χ1) is 13.5. The lowest BCUT2D eigenvalue weighted by Gasteiger charge is -2.37. The largest absolute Gasteiger partial charge is 0.338 e. The maximum absolute atomic E-state index is 13.1. The Morgan fingerprint density at radius 3 is 2.31 bits per heavy atom. The first kappa shape index (κ1) is 22.2. The summed E-state index contributed by atoms with van der Waals surface area (Å²) in [5.74, 6) is -0.0798. The maximum Gasteiger partial charge on any atom is 0.245 e. The number of hydrogen-bond acceptors (Lipinski definition) is 4. The molecule has 2 saturated heterocycles.